The molecule has 2 rings (SSSR count). The number of aryl methyl sites for hydroxylation is 1. The molecule has 2 nitrogen and oxygen atoms in total. The van der Waals surface area contributed by atoms with Crippen molar-refractivity contribution in [2.45, 2.75) is 32.2 Å². The van der Waals surface area contributed by atoms with Crippen molar-refractivity contribution >= 4 is 0 Å². The van der Waals surface area contributed by atoms with Crippen LogP contribution in [-0.2, 0) is 0 Å². The van der Waals surface area contributed by atoms with Crippen molar-refractivity contribution in [2.75, 3.05) is 13.2 Å². The molecule has 15 heavy (non-hydrogen) atoms. The molecule has 1 aromatic rings. The first kappa shape index (κ1) is 10.5. The molecule has 0 aromatic heterocycles. The van der Waals surface area contributed by atoms with Gasteiger partial charge in [0, 0.05) is 12.6 Å². The molecule has 0 bridgehead atoms. The van der Waals surface area contributed by atoms with Crippen LogP contribution in [0.5, 0.6) is 5.75 Å². The Morgan fingerprint density at radius 2 is 2.27 bits per heavy atom. The monoisotopic (exact) mass is 205 g/mol. The Labute approximate surface area is 91.6 Å². The molecule has 0 spiro atoms. The highest BCUT2D eigenvalue weighted by molar-refractivity contribution is 5.27. The number of rotatable bonds is 5. The Bertz CT molecular complexity index is 307. The summed E-state index contributed by atoms with van der Waals surface area (Å²) >= 11 is 0. The molecule has 0 amide bonds. The van der Waals surface area contributed by atoms with Gasteiger partial charge in [-0.05, 0) is 37.5 Å². The van der Waals surface area contributed by atoms with E-state index in [0.29, 0.717) is 0 Å². The molecule has 0 aliphatic heterocycles. The van der Waals surface area contributed by atoms with Crippen LogP contribution >= 0.6 is 0 Å². The third-order valence-corrected chi connectivity index (χ3v) is 2.90. The van der Waals surface area contributed by atoms with Gasteiger partial charge in [-0.2, -0.15) is 0 Å². The number of hydrogen-bond donors (Lipinski definition) is 1. The Morgan fingerprint density at radius 1 is 1.40 bits per heavy atom. The van der Waals surface area contributed by atoms with Gasteiger partial charge in [0.1, 0.15) is 12.4 Å². The minimum atomic E-state index is 0.756. The predicted molar refractivity (Wildman–Crippen MR) is 62.3 cm³/mol. The van der Waals surface area contributed by atoms with E-state index >= 15 is 0 Å². The van der Waals surface area contributed by atoms with E-state index in [4.69, 9.17) is 4.74 Å². The van der Waals surface area contributed by atoms with Crippen LogP contribution in [0.2, 0.25) is 0 Å². The van der Waals surface area contributed by atoms with Crippen LogP contribution in [0.4, 0.5) is 0 Å². The lowest BCUT2D eigenvalue weighted by molar-refractivity contribution is 0.276. The van der Waals surface area contributed by atoms with Gasteiger partial charge in [0.25, 0.3) is 0 Å². The summed E-state index contributed by atoms with van der Waals surface area (Å²) in [7, 11) is 0. The zero-order valence-electron chi connectivity index (χ0n) is 9.33. The molecule has 1 aliphatic rings. The molecule has 1 aliphatic carbocycles. The number of hydrogen-bond acceptors (Lipinski definition) is 2. The van der Waals surface area contributed by atoms with Crippen LogP contribution in [0.25, 0.3) is 0 Å². The highest BCUT2D eigenvalue weighted by atomic mass is 16.5. The molecule has 0 saturated heterocycles. The molecule has 1 fully saturated rings. The molecule has 0 radical (unpaired) electrons. The van der Waals surface area contributed by atoms with Crippen LogP contribution in [0.3, 0.4) is 0 Å². The quantitative estimate of drug-likeness (QED) is 0.746. The SMILES string of the molecule is Cc1cccc(OCCNC2CCC2)c1. The summed E-state index contributed by atoms with van der Waals surface area (Å²) in [6.07, 6.45) is 4.06. The Morgan fingerprint density at radius 3 is 2.93 bits per heavy atom. The van der Waals surface area contributed by atoms with E-state index in [9.17, 15) is 0 Å². The van der Waals surface area contributed by atoms with Gasteiger partial charge in [-0.1, -0.05) is 18.6 Å². The van der Waals surface area contributed by atoms with Gasteiger partial charge in [0.15, 0.2) is 0 Å². The van der Waals surface area contributed by atoms with Gasteiger partial charge in [0.05, 0.1) is 0 Å². The van der Waals surface area contributed by atoms with Crippen LogP contribution in [0.1, 0.15) is 24.8 Å². The second kappa shape index (κ2) is 5.17. The van der Waals surface area contributed by atoms with E-state index < -0.39 is 0 Å². The number of ether oxygens (including phenoxy) is 1. The van der Waals surface area contributed by atoms with Crippen molar-refractivity contribution in [3.63, 3.8) is 0 Å². The molecule has 1 aromatic carbocycles. The fraction of sp³-hybridized carbons (Fsp3) is 0.538. The van der Waals surface area contributed by atoms with E-state index in [-0.39, 0.29) is 0 Å². The van der Waals surface area contributed by atoms with Crippen LogP contribution in [-0.4, -0.2) is 19.2 Å². The first-order valence-corrected chi connectivity index (χ1v) is 5.77. The van der Waals surface area contributed by atoms with E-state index in [0.717, 1.165) is 24.9 Å². The van der Waals surface area contributed by atoms with Crippen molar-refractivity contribution in [2.24, 2.45) is 0 Å². The molecule has 0 heterocycles. The van der Waals surface area contributed by atoms with E-state index in [1.807, 2.05) is 12.1 Å². The average molecular weight is 205 g/mol. The van der Waals surface area contributed by atoms with Crippen molar-refractivity contribution in [1.29, 1.82) is 0 Å². The highest BCUT2D eigenvalue weighted by Crippen LogP contribution is 2.17. The van der Waals surface area contributed by atoms with Crippen LogP contribution in [0.15, 0.2) is 24.3 Å². The smallest absolute Gasteiger partial charge is 0.119 e. The summed E-state index contributed by atoms with van der Waals surface area (Å²) in [6, 6.07) is 8.95. The zero-order chi connectivity index (χ0) is 10.5. The lowest BCUT2D eigenvalue weighted by atomic mass is 9.93. The third kappa shape index (κ3) is 3.24. The molecule has 1 saturated carbocycles. The summed E-state index contributed by atoms with van der Waals surface area (Å²) in [6.45, 7) is 3.80. The standard InChI is InChI=1S/C13H19NO/c1-11-4-2-7-13(10-11)15-9-8-14-12-5-3-6-12/h2,4,7,10,12,14H,3,5-6,8-9H2,1H3. The molecule has 2 heteroatoms. The Hall–Kier alpha value is -1.02. The summed E-state index contributed by atoms with van der Waals surface area (Å²) in [5.41, 5.74) is 1.25. The zero-order valence-corrected chi connectivity index (χ0v) is 9.33. The number of nitrogens with one attached hydrogen (secondary N) is 1. The topological polar surface area (TPSA) is 21.3 Å². The molecule has 0 atom stereocenters. The van der Waals surface area contributed by atoms with Crippen LogP contribution < -0.4 is 10.1 Å². The molecular formula is C13H19NO. The maximum Gasteiger partial charge on any atom is 0.119 e. The minimum absolute atomic E-state index is 0.756. The Balaban J connectivity index is 1.64. The van der Waals surface area contributed by atoms with Gasteiger partial charge < -0.3 is 10.1 Å². The Kier molecular flexibility index (Phi) is 3.62. The summed E-state index contributed by atoms with van der Waals surface area (Å²) < 4.78 is 5.64. The van der Waals surface area contributed by atoms with Crippen molar-refractivity contribution in [3.8, 4) is 5.75 Å². The van der Waals surface area contributed by atoms with Gasteiger partial charge in [-0.25, -0.2) is 0 Å². The van der Waals surface area contributed by atoms with E-state index in [1.165, 1.54) is 24.8 Å². The summed E-state index contributed by atoms with van der Waals surface area (Å²) in [5, 5.41) is 3.48. The largest absolute Gasteiger partial charge is 0.492 e. The van der Waals surface area contributed by atoms with Crippen LogP contribution in [0, 0.1) is 6.92 Å². The lowest BCUT2D eigenvalue weighted by Crippen LogP contribution is -2.37. The normalized spacial score (nSPS) is 16.1. The first-order chi connectivity index (χ1) is 7.34. The van der Waals surface area contributed by atoms with Crippen molar-refractivity contribution in [3.05, 3.63) is 29.8 Å². The van der Waals surface area contributed by atoms with E-state index in [2.05, 4.69) is 24.4 Å². The molecular weight excluding hydrogens is 186 g/mol. The minimum Gasteiger partial charge on any atom is -0.492 e. The highest BCUT2D eigenvalue weighted by Gasteiger charge is 2.15. The van der Waals surface area contributed by atoms with Gasteiger partial charge >= 0.3 is 0 Å². The van der Waals surface area contributed by atoms with Gasteiger partial charge in [-0.3, -0.25) is 0 Å². The maximum atomic E-state index is 5.64. The number of benzene rings is 1. The third-order valence-electron chi connectivity index (χ3n) is 2.90. The second-order valence-corrected chi connectivity index (χ2v) is 4.25. The van der Waals surface area contributed by atoms with Gasteiger partial charge in [0.2, 0.25) is 0 Å². The molecule has 0 unspecified atom stereocenters. The second-order valence-electron chi connectivity index (χ2n) is 4.25. The first-order valence-electron chi connectivity index (χ1n) is 5.77. The summed E-state index contributed by atoms with van der Waals surface area (Å²) in [5.74, 6) is 0.977. The fourth-order valence-corrected chi connectivity index (χ4v) is 1.75. The fourth-order valence-electron chi connectivity index (χ4n) is 1.75. The molecule has 1 N–H and O–H groups in total. The van der Waals surface area contributed by atoms with Gasteiger partial charge in [-0.15, -0.1) is 0 Å². The predicted octanol–water partition coefficient (Wildman–Crippen LogP) is 2.52. The molecule has 82 valence electrons. The lowest BCUT2D eigenvalue weighted by Gasteiger charge is -2.26. The summed E-state index contributed by atoms with van der Waals surface area (Å²) in [4.78, 5) is 0. The van der Waals surface area contributed by atoms with E-state index in [1.54, 1.807) is 0 Å². The maximum absolute atomic E-state index is 5.64. The average Bonchev–Trinajstić information content (AvgIpc) is 2.15. The van der Waals surface area contributed by atoms with Crippen molar-refractivity contribution < 1.29 is 4.74 Å². The van der Waals surface area contributed by atoms with Crippen molar-refractivity contribution in [1.82, 2.24) is 5.32 Å².